The molecule has 0 aliphatic heterocycles. The smallest absolute Gasteiger partial charge is 0.112 e. The van der Waals surface area contributed by atoms with Gasteiger partial charge in [-0.05, 0) is 12.3 Å². The van der Waals surface area contributed by atoms with E-state index in [1.54, 1.807) is 0 Å². The molecule has 0 aromatic heterocycles. The van der Waals surface area contributed by atoms with E-state index >= 15 is 0 Å². The Morgan fingerprint density at radius 2 is 1.92 bits per heavy atom. The Morgan fingerprint density at radius 1 is 1.31 bits per heavy atom. The molecule has 0 bridgehead atoms. The maximum absolute atomic E-state index is 4.19. The highest BCUT2D eigenvalue weighted by atomic mass is 14.1. The van der Waals surface area contributed by atoms with Gasteiger partial charge in [0.05, 0.1) is 0 Å². The van der Waals surface area contributed by atoms with Crippen molar-refractivity contribution >= 4 is 7.28 Å². The summed E-state index contributed by atoms with van der Waals surface area (Å²) >= 11 is 0. The van der Waals surface area contributed by atoms with Gasteiger partial charge in [-0.25, -0.2) is 0 Å². The summed E-state index contributed by atoms with van der Waals surface area (Å²) in [5, 5.41) is 0. The highest BCUT2D eigenvalue weighted by molar-refractivity contribution is 6.46. The molecule has 0 saturated heterocycles. The molecule has 0 radical (unpaired) electrons. The predicted octanol–water partition coefficient (Wildman–Crippen LogP) is 3.74. The van der Waals surface area contributed by atoms with Crippen LogP contribution in [0.1, 0.15) is 52.4 Å². The van der Waals surface area contributed by atoms with Gasteiger partial charge in [0.25, 0.3) is 0 Å². The quantitative estimate of drug-likeness (QED) is 0.575. The summed E-state index contributed by atoms with van der Waals surface area (Å²) in [6.45, 7) is 8.76. The molecule has 0 heterocycles. The first-order chi connectivity index (χ1) is 6.18. The van der Waals surface area contributed by atoms with E-state index in [4.69, 9.17) is 0 Å². The Hall–Kier alpha value is -0.195. The number of hydrogen-bond donors (Lipinski definition) is 0. The lowest BCUT2D eigenvalue weighted by atomic mass is 9.53. The SMILES string of the molecule is C=C(BC1CCCCC1)CC(C)C. The van der Waals surface area contributed by atoms with Crippen molar-refractivity contribution in [2.24, 2.45) is 5.92 Å². The van der Waals surface area contributed by atoms with Gasteiger partial charge in [-0.3, -0.25) is 0 Å². The van der Waals surface area contributed by atoms with E-state index in [0.717, 1.165) is 11.7 Å². The van der Waals surface area contributed by atoms with E-state index in [9.17, 15) is 0 Å². The fraction of sp³-hybridized carbons (Fsp3) is 0.833. The Balaban J connectivity index is 2.18. The maximum atomic E-state index is 4.19. The number of rotatable bonds is 4. The maximum Gasteiger partial charge on any atom is 0.154 e. The molecule has 1 saturated carbocycles. The van der Waals surface area contributed by atoms with E-state index in [1.807, 2.05) is 0 Å². The molecule has 0 atom stereocenters. The lowest BCUT2D eigenvalue weighted by Gasteiger charge is -2.21. The van der Waals surface area contributed by atoms with Gasteiger partial charge < -0.3 is 0 Å². The first-order valence-corrected chi connectivity index (χ1v) is 5.85. The highest BCUT2D eigenvalue weighted by Crippen LogP contribution is 2.29. The molecule has 0 spiro atoms. The molecule has 1 fully saturated rings. The summed E-state index contributed by atoms with van der Waals surface area (Å²) in [6, 6.07) is 0. The van der Waals surface area contributed by atoms with Crippen molar-refractivity contribution in [3.05, 3.63) is 12.1 Å². The highest BCUT2D eigenvalue weighted by Gasteiger charge is 2.15. The monoisotopic (exact) mass is 178 g/mol. The molecule has 1 heteroatoms. The normalized spacial score (nSPS) is 19.0. The molecule has 1 aliphatic rings. The summed E-state index contributed by atoms with van der Waals surface area (Å²) in [4.78, 5) is 0. The Bertz CT molecular complexity index is 155. The predicted molar refractivity (Wildman–Crippen MR) is 62.6 cm³/mol. The first-order valence-electron chi connectivity index (χ1n) is 5.85. The van der Waals surface area contributed by atoms with Gasteiger partial charge in [0.2, 0.25) is 0 Å². The Kier molecular flexibility index (Phi) is 4.62. The average molecular weight is 178 g/mol. The third-order valence-electron chi connectivity index (χ3n) is 3.00. The summed E-state index contributed by atoms with van der Waals surface area (Å²) in [7, 11) is 1.30. The van der Waals surface area contributed by atoms with Crippen molar-refractivity contribution < 1.29 is 0 Å². The van der Waals surface area contributed by atoms with Crippen LogP contribution in [0.2, 0.25) is 5.82 Å². The lowest BCUT2D eigenvalue weighted by molar-refractivity contribution is 0.500. The zero-order valence-electron chi connectivity index (χ0n) is 9.31. The average Bonchev–Trinajstić information content (AvgIpc) is 2.04. The molecule has 0 aromatic carbocycles. The molecule has 74 valence electrons. The van der Waals surface area contributed by atoms with E-state index < -0.39 is 0 Å². The van der Waals surface area contributed by atoms with Gasteiger partial charge in [-0.15, -0.1) is 12.1 Å². The van der Waals surface area contributed by atoms with E-state index in [0.29, 0.717) is 0 Å². The van der Waals surface area contributed by atoms with Gasteiger partial charge in [0.1, 0.15) is 0 Å². The number of hydrogen-bond acceptors (Lipinski definition) is 0. The zero-order chi connectivity index (χ0) is 9.68. The topological polar surface area (TPSA) is 0 Å². The molecule has 13 heavy (non-hydrogen) atoms. The second-order valence-electron chi connectivity index (χ2n) is 5.06. The van der Waals surface area contributed by atoms with E-state index in [-0.39, 0.29) is 0 Å². The van der Waals surface area contributed by atoms with Crippen molar-refractivity contribution in [3.8, 4) is 0 Å². The van der Waals surface area contributed by atoms with Crippen molar-refractivity contribution in [1.82, 2.24) is 0 Å². The number of allylic oxidation sites excluding steroid dienone is 1. The summed E-state index contributed by atoms with van der Waals surface area (Å²) < 4.78 is 0. The molecule has 0 N–H and O–H groups in total. The van der Waals surface area contributed by atoms with Crippen molar-refractivity contribution in [2.75, 3.05) is 0 Å². The van der Waals surface area contributed by atoms with Crippen LogP contribution in [0, 0.1) is 5.92 Å². The lowest BCUT2D eigenvalue weighted by Crippen LogP contribution is -2.11. The second kappa shape index (κ2) is 5.52. The van der Waals surface area contributed by atoms with Gasteiger partial charge in [-0.2, -0.15) is 0 Å². The van der Waals surface area contributed by atoms with E-state index in [1.165, 1.54) is 51.3 Å². The van der Waals surface area contributed by atoms with Gasteiger partial charge in [0.15, 0.2) is 7.28 Å². The van der Waals surface area contributed by atoms with Gasteiger partial charge in [-0.1, -0.05) is 51.8 Å². The van der Waals surface area contributed by atoms with Crippen LogP contribution in [0.4, 0.5) is 0 Å². The first kappa shape index (κ1) is 10.9. The molecule has 0 amide bonds. The van der Waals surface area contributed by atoms with Crippen LogP contribution >= 0.6 is 0 Å². The van der Waals surface area contributed by atoms with Crippen molar-refractivity contribution in [1.29, 1.82) is 0 Å². The standard InChI is InChI=1S/C12H23B/c1-10(2)9-11(3)13-12-7-5-4-6-8-12/h10,12-13H,3-9H2,1-2H3. The van der Waals surface area contributed by atoms with Crippen LogP contribution < -0.4 is 0 Å². The molecule has 0 unspecified atom stereocenters. The fourth-order valence-corrected chi connectivity index (χ4v) is 2.46. The van der Waals surface area contributed by atoms with Crippen LogP contribution in [-0.4, -0.2) is 7.28 Å². The van der Waals surface area contributed by atoms with Crippen LogP contribution in [0.5, 0.6) is 0 Å². The van der Waals surface area contributed by atoms with Crippen LogP contribution in [0.3, 0.4) is 0 Å². The Morgan fingerprint density at radius 3 is 2.46 bits per heavy atom. The largest absolute Gasteiger partial charge is 0.154 e. The molecular weight excluding hydrogens is 155 g/mol. The molecule has 0 aromatic rings. The Labute approximate surface area is 84.0 Å². The molecule has 1 rings (SSSR count). The van der Waals surface area contributed by atoms with Crippen molar-refractivity contribution in [3.63, 3.8) is 0 Å². The summed E-state index contributed by atoms with van der Waals surface area (Å²) in [6.07, 6.45) is 8.52. The fourth-order valence-electron chi connectivity index (χ4n) is 2.46. The summed E-state index contributed by atoms with van der Waals surface area (Å²) in [5.41, 5.74) is 1.49. The molecule has 1 aliphatic carbocycles. The second-order valence-corrected chi connectivity index (χ2v) is 5.06. The van der Waals surface area contributed by atoms with Gasteiger partial charge >= 0.3 is 0 Å². The van der Waals surface area contributed by atoms with Gasteiger partial charge in [0, 0.05) is 0 Å². The third kappa shape index (κ3) is 4.54. The minimum Gasteiger partial charge on any atom is -0.112 e. The summed E-state index contributed by atoms with van der Waals surface area (Å²) in [5.74, 6) is 1.76. The van der Waals surface area contributed by atoms with E-state index in [2.05, 4.69) is 20.4 Å². The molecular formula is C12H23B. The minimum atomic E-state index is 0.788. The third-order valence-corrected chi connectivity index (χ3v) is 3.00. The minimum absolute atomic E-state index is 0.788. The van der Waals surface area contributed by atoms with Crippen LogP contribution in [-0.2, 0) is 0 Å². The van der Waals surface area contributed by atoms with Crippen LogP contribution in [0.15, 0.2) is 12.1 Å². The van der Waals surface area contributed by atoms with Crippen LogP contribution in [0.25, 0.3) is 0 Å². The van der Waals surface area contributed by atoms with Crippen molar-refractivity contribution in [2.45, 2.75) is 58.2 Å². The zero-order valence-corrected chi connectivity index (χ0v) is 9.31. The molecule has 0 nitrogen and oxygen atoms in total.